The maximum Gasteiger partial charge on any atom is 0.338 e. The Morgan fingerprint density at radius 1 is 1.21 bits per heavy atom. The molecule has 2 aromatic rings. The summed E-state index contributed by atoms with van der Waals surface area (Å²) in [6.07, 6.45) is 0.909. The van der Waals surface area contributed by atoms with E-state index in [1.165, 1.54) is 17.7 Å². The van der Waals surface area contributed by atoms with E-state index in [1.54, 1.807) is 19.1 Å². The van der Waals surface area contributed by atoms with Gasteiger partial charge in [0.2, 0.25) is 0 Å². The first-order valence-corrected chi connectivity index (χ1v) is 9.63. The number of esters is 1. The molecule has 0 aliphatic carbocycles. The number of halogens is 1. The van der Waals surface area contributed by atoms with Crippen LogP contribution in [0.5, 0.6) is 0 Å². The van der Waals surface area contributed by atoms with Crippen molar-refractivity contribution in [3.05, 3.63) is 76.7 Å². The predicted molar refractivity (Wildman–Crippen MR) is 107 cm³/mol. The van der Waals surface area contributed by atoms with Gasteiger partial charge in [0.05, 0.1) is 30.5 Å². The predicted octanol–water partition coefficient (Wildman–Crippen LogP) is 3.06. The zero-order valence-corrected chi connectivity index (χ0v) is 16.1. The zero-order valence-electron chi connectivity index (χ0n) is 16.1. The average Bonchev–Trinajstić information content (AvgIpc) is 3.11. The Hall–Kier alpha value is -3.35. The molecule has 0 fully saturated rings. The first kappa shape index (κ1) is 19.0. The Morgan fingerprint density at radius 2 is 1.97 bits per heavy atom. The first-order chi connectivity index (χ1) is 14.1. The minimum Gasteiger partial charge on any atom is -0.463 e. The van der Waals surface area contributed by atoms with Gasteiger partial charge in [-0.05, 0) is 42.7 Å². The molecule has 0 saturated carbocycles. The Kier molecular flexibility index (Phi) is 5.20. The van der Waals surface area contributed by atoms with Gasteiger partial charge in [-0.15, -0.1) is 0 Å². The number of nitrogens with one attached hydrogen (secondary N) is 2. The van der Waals surface area contributed by atoms with Gasteiger partial charge >= 0.3 is 12.0 Å². The second-order valence-electron chi connectivity index (χ2n) is 7.00. The van der Waals surface area contributed by atoms with E-state index in [0.29, 0.717) is 23.4 Å². The summed E-state index contributed by atoms with van der Waals surface area (Å²) in [5, 5.41) is 5.55. The van der Waals surface area contributed by atoms with E-state index in [2.05, 4.69) is 21.6 Å². The molecule has 2 aromatic carbocycles. The molecule has 150 valence electrons. The van der Waals surface area contributed by atoms with Crippen LogP contribution in [0.15, 0.2) is 59.8 Å². The molecule has 2 amide bonds. The number of nitrogens with zero attached hydrogens (tertiary/aromatic N) is 1. The number of benzene rings is 2. The second-order valence-corrected chi connectivity index (χ2v) is 7.00. The van der Waals surface area contributed by atoms with Crippen molar-refractivity contribution in [1.82, 2.24) is 10.6 Å². The van der Waals surface area contributed by atoms with E-state index in [1.807, 2.05) is 18.2 Å². The Bertz CT molecular complexity index is 972. The number of carbonyl (C=O) groups is 2. The minimum atomic E-state index is -0.712. The van der Waals surface area contributed by atoms with Crippen LogP contribution < -0.4 is 15.5 Å². The summed E-state index contributed by atoms with van der Waals surface area (Å²) < 4.78 is 18.7. The van der Waals surface area contributed by atoms with Crippen molar-refractivity contribution in [2.75, 3.05) is 24.6 Å². The average molecular weight is 395 g/mol. The summed E-state index contributed by atoms with van der Waals surface area (Å²) in [7, 11) is 0. The number of ether oxygens (including phenoxy) is 1. The lowest BCUT2D eigenvalue weighted by Crippen LogP contribution is -2.48. The highest BCUT2D eigenvalue weighted by Crippen LogP contribution is 2.32. The van der Waals surface area contributed by atoms with Gasteiger partial charge in [-0.3, -0.25) is 0 Å². The Labute approximate surface area is 168 Å². The lowest BCUT2D eigenvalue weighted by Gasteiger charge is -2.31. The topological polar surface area (TPSA) is 70.7 Å². The first-order valence-electron chi connectivity index (χ1n) is 9.63. The Balaban J connectivity index is 1.73. The summed E-state index contributed by atoms with van der Waals surface area (Å²) in [5.41, 5.74) is 3.78. The number of urea groups is 1. The number of fused-ring (bicyclic) bond motifs is 1. The summed E-state index contributed by atoms with van der Waals surface area (Å²) in [6.45, 7) is 3.11. The molecule has 0 bridgehead atoms. The molecular formula is C22H22FN3O3. The second kappa shape index (κ2) is 7.95. The number of para-hydroxylation sites is 1. The highest BCUT2D eigenvalue weighted by molar-refractivity contribution is 5.95. The molecule has 2 N–H and O–H groups in total. The summed E-state index contributed by atoms with van der Waals surface area (Å²) in [6, 6.07) is 12.7. The molecule has 0 radical (unpaired) electrons. The Morgan fingerprint density at radius 3 is 2.72 bits per heavy atom. The van der Waals surface area contributed by atoms with Gasteiger partial charge in [0.25, 0.3) is 0 Å². The van der Waals surface area contributed by atoms with Crippen LogP contribution in [0.1, 0.15) is 24.1 Å². The van der Waals surface area contributed by atoms with E-state index in [0.717, 1.165) is 18.7 Å². The standard InChI is InChI=1S/C22H22FN3O3/c1-2-29-21(27)19-17(13-26-12-11-14-5-3-4-6-18(14)26)24-22(28)25-20(19)15-7-9-16(23)10-8-15/h3-10,20H,2,11-13H2,1H3,(H2,24,25,28)/t20-/m0/s1. The number of rotatable bonds is 5. The SMILES string of the molecule is CCOC(=O)C1=C(CN2CCc3ccccc32)NC(=O)N[C@H]1c1ccc(F)cc1. The smallest absolute Gasteiger partial charge is 0.338 e. The molecule has 4 rings (SSSR count). The third-order valence-corrected chi connectivity index (χ3v) is 5.18. The lowest BCUT2D eigenvalue weighted by atomic mass is 9.95. The molecule has 2 aliphatic rings. The van der Waals surface area contributed by atoms with Crippen LogP contribution in [0.3, 0.4) is 0 Å². The molecule has 0 spiro atoms. The lowest BCUT2D eigenvalue weighted by molar-refractivity contribution is -0.139. The van der Waals surface area contributed by atoms with Gasteiger partial charge in [0.1, 0.15) is 5.82 Å². The van der Waals surface area contributed by atoms with Crippen molar-refractivity contribution >= 4 is 17.7 Å². The van der Waals surface area contributed by atoms with Crippen LogP contribution in [0.4, 0.5) is 14.9 Å². The summed E-state index contributed by atoms with van der Waals surface area (Å²) in [5.74, 6) is -0.888. The molecule has 1 atom stereocenters. The third kappa shape index (κ3) is 3.81. The monoisotopic (exact) mass is 395 g/mol. The van der Waals surface area contributed by atoms with E-state index in [4.69, 9.17) is 4.74 Å². The van der Waals surface area contributed by atoms with Crippen LogP contribution in [0, 0.1) is 5.82 Å². The number of hydrogen-bond donors (Lipinski definition) is 2. The van der Waals surface area contributed by atoms with Crippen LogP contribution in [-0.4, -0.2) is 31.7 Å². The fourth-order valence-electron chi connectivity index (χ4n) is 3.86. The van der Waals surface area contributed by atoms with Gasteiger partial charge in [0, 0.05) is 12.2 Å². The van der Waals surface area contributed by atoms with E-state index >= 15 is 0 Å². The highest BCUT2D eigenvalue weighted by Gasteiger charge is 2.35. The largest absolute Gasteiger partial charge is 0.463 e. The number of hydrogen-bond acceptors (Lipinski definition) is 4. The van der Waals surface area contributed by atoms with E-state index in [-0.39, 0.29) is 12.4 Å². The number of anilines is 1. The van der Waals surface area contributed by atoms with Crippen molar-refractivity contribution in [2.24, 2.45) is 0 Å². The quantitative estimate of drug-likeness (QED) is 0.764. The fraction of sp³-hybridized carbons (Fsp3) is 0.273. The molecule has 0 unspecified atom stereocenters. The molecule has 0 saturated heterocycles. The van der Waals surface area contributed by atoms with E-state index < -0.39 is 18.0 Å². The van der Waals surface area contributed by atoms with Crippen LogP contribution in [0.2, 0.25) is 0 Å². The number of amides is 2. The molecule has 2 heterocycles. The van der Waals surface area contributed by atoms with Gasteiger partial charge in [0.15, 0.2) is 0 Å². The zero-order chi connectivity index (χ0) is 20.4. The molecule has 2 aliphatic heterocycles. The molecule has 7 heteroatoms. The molecule has 0 aromatic heterocycles. The summed E-state index contributed by atoms with van der Waals surface area (Å²) >= 11 is 0. The normalized spacial score (nSPS) is 18.2. The van der Waals surface area contributed by atoms with E-state index in [9.17, 15) is 14.0 Å². The summed E-state index contributed by atoms with van der Waals surface area (Å²) in [4.78, 5) is 27.3. The maximum absolute atomic E-state index is 13.4. The van der Waals surface area contributed by atoms with Crippen LogP contribution in [0.25, 0.3) is 0 Å². The van der Waals surface area contributed by atoms with Crippen molar-refractivity contribution in [3.63, 3.8) is 0 Å². The van der Waals surface area contributed by atoms with Gasteiger partial charge in [-0.2, -0.15) is 0 Å². The third-order valence-electron chi connectivity index (χ3n) is 5.18. The van der Waals surface area contributed by atoms with Gasteiger partial charge in [-0.1, -0.05) is 30.3 Å². The maximum atomic E-state index is 13.4. The van der Waals surface area contributed by atoms with Crippen molar-refractivity contribution < 1.29 is 18.7 Å². The minimum absolute atomic E-state index is 0.215. The fourth-order valence-corrected chi connectivity index (χ4v) is 3.86. The number of carbonyl (C=O) groups excluding carboxylic acids is 2. The highest BCUT2D eigenvalue weighted by atomic mass is 19.1. The van der Waals surface area contributed by atoms with Crippen LogP contribution >= 0.6 is 0 Å². The van der Waals surface area contributed by atoms with Gasteiger partial charge in [-0.25, -0.2) is 14.0 Å². The molecule has 6 nitrogen and oxygen atoms in total. The van der Waals surface area contributed by atoms with Crippen LogP contribution in [-0.2, 0) is 16.0 Å². The molecular weight excluding hydrogens is 373 g/mol. The van der Waals surface area contributed by atoms with Gasteiger partial charge < -0.3 is 20.3 Å². The molecule has 29 heavy (non-hydrogen) atoms. The van der Waals surface area contributed by atoms with Crippen molar-refractivity contribution in [2.45, 2.75) is 19.4 Å². The van der Waals surface area contributed by atoms with Crippen molar-refractivity contribution in [1.29, 1.82) is 0 Å². The van der Waals surface area contributed by atoms with Crippen molar-refractivity contribution in [3.8, 4) is 0 Å².